The fraction of sp³-hybridized carbons (Fsp3) is 0.235. The van der Waals surface area contributed by atoms with Gasteiger partial charge in [-0.15, -0.1) is 0 Å². The Hall–Kier alpha value is -3.29. The first-order valence-electron chi connectivity index (χ1n) is 8.06. The van der Waals surface area contributed by atoms with Gasteiger partial charge in [-0.3, -0.25) is 14.3 Å². The topological polar surface area (TPSA) is 80.0 Å². The second-order valence-electron chi connectivity index (χ2n) is 5.72. The fourth-order valence-corrected chi connectivity index (χ4v) is 2.84. The van der Waals surface area contributed by atoms with E-state index in [0.29, 0.717) is 18.7 Å². The largest absolute Gasteiger partial charge is 0.352 e. The minimum absolute atomic E-state index is 0.00322. The van der Waals surface area contributed by atoms with Gasteiger partial charge in [-0.05, 0) is 12.1 Å². The van der Waals surface area contributed by atoms with Crippen LogP contribution in [0.3, 0.4) is 0 Å². The quantitative estimate of drug-likeness (QED) is 0.711. The number of amides is 1. The SMILES string of the molecule is O=C(c1ccc(-n2ccnc2)nc1)N1CCN(c2cnccn2)CC1. The highest BCUT2D eigenvalue weighted by Crippen LogP contribution is 2.14. The van der Waals surface area contributed by atoms with Gasteiger partial charge >= 0.3 is 0 Å². The highest BCUT2D eigenvalue weighted by Gasteiger charge is 2.23. The zero-order valence-corrected chi connectivity index (χ0v) is 13.6. The van der Waals surface area contributed by atoms with E-state index in [-0.39, 0.29) is 5.91 Å². The van der Waals surface area contributed by atoms with Crippen LogP contribution in [0.15, 0.2) is 55.6 Å². The number of hydrogen-bond donors (Lipinski definition) is 0. The lowest BCUT2D eigenvalue weighted by molar-refractivity contribution is 0.0746. The highest BCUT2D eigenvalue weighted by atomic mass is 16.2. The first kappa shape index (κ1) is 15.3. The van der Waals surface area contributed by atoms with E-state index < -0.39 is 0 Å². The van der Waals surface area contributed by atoms with Crippen molar-refractivity contribution in [3.05, 3.63) is 61.2 Å². The van der Waals surface area contributed by atoms with Gasteiger partial charge in [0.2, 0.25) is 0 Å². The van der Waals surface area contributed by atoms with Crippen molar-refractivity contribution in [2.75, 3.05) is 31.1 Å². The molecule has 1 aliphatic rings. The number of anilines is 1. The summed E-state index contributed by atoms with van der Waals surface area (Å²) in [5, 5.41) is 0. The van der Waals surface area contributed by atoms with Crippen molar-refractivity contribution in [2.24, 2.45) is 0 Å². The second-order valence-corrected chi connectivity index (χ2v) is 5.72. The van der Waals surface area contributed by atoms with Crippen LogP contribution in [0.1, 0.15) is 10.4 Å². The number of aromatic nitrogens is 5. The van der Waals surface area contributed by atoms with E-state index in [2.05, 4.69) is 24.8 Å². The molecule has 0 bridgehead atoms. The molecule has 8 nitrogen and oxygen atoms in total. The Bertz CT molecular complexity index is 825. The molecule has 1 amide bonds. The Labute approximate surface area is 144 Å². The van der Waals surface area contributed by atoms with E-state index in [9.17, 15) is 4.79 Å². The number of imidazole rings is 1. The number of nitrogens with zero attached hydrogens (tertiary/aromatic N) is 7. The van der Waals surface area contributed by atoms with Gasteiger partial charge in [-0.1, -0.05) is 0 Å². The maximum Gasteiger partial charge on any atom is 0.255 e. The molecule has 0 spiro atoms. The molecule has 4 rings (SSSR count). The molecule has 3 aromatic heterocycles. The van der Waals surface area contributed by atoms with E-state index in [1.807, 2.05) is 17.2 Å². The number of carbonyl (C=O) groups is 1. The molecule has 0 saturated carbocycles. The van der Waals surface area contributed by atoms with Crippen molar-refractivity contribution in [3.8, 4) is 5.82 Å². The maximum atomic E-state index is 12.7. The summed E-state index contributed by atoms with van der Waals surface area (Å²) in [6, 6.07) is 3.63. The molecule has 1 fully saturated rings. The minimum atomic E-state index is 0.00322. The van der Waals surface area contributed by atoms with E-state index in [1.54, 1.807) is 47.9 Å². The van der Waals surface area contributed by atoms with Crippen LogP contribution in [0.25, 0.3) is 5.82 Å². The van der Waals surface area contributed by atoms with Crippen LogP contribution in [0.4, 0.5) is 5.82 Å². The Kier molecular flexibility index (Phi) is 4.07. The molecule has 1 saturated heterocycles. The molecule has 4 heterocycles. The van der Waals surface area contributed by atoms with Crippen molar-refractivity contribution in [1.82, 2.24) is 29.4 Å². The molecule has 0 radical (unpaired) electrons. The van der Waals surface area contributed by atoms with Gasteiger partial charge in [0.1, 0.15) is 18.0 Å². The van der Waals surface area contributed by atoms with Crippen molar-refractivity contribution in [2.45, 2.75) is 0 Å². The molecule has 0 aromatic carbocycles. The van der Waals surface area contributed by atoms with Crippen LogP contribution in [-0.2, 0) is 0 Å². The summed E-state index contributed by atoms with van der Waals surface area (Å²) >= 11 is 0. The first-order chi connectivity index (χ1) is 12.3. The predicted octanol–water partition coefficient (Wildman–Crippen LogP) is 1.02. The lowest BCUT2D eigenvalue weighted by atomic mass is 10.2. The monoisotopic (exact) mass is 335 g/mol. The van der Waals surface area contributed by atoms with Gasteiger partial charge in [0, 0.05) is 57.2 Å². The summed E-state index contributed by atoms with van der Waals surface area (Å²) in [5.74, 6) is 1.59. The molecular formula is C17H17N7O. The molecule has 0 N–H and O–H groups in total. The molecule has 0 aliphatic carbocycles. The van der Waals surface area contributed by atoms with E-state index in [1.165, 1.54) is 0 Å². The van der Waals surface area contributed by atoms with Crippen LogP contribution >= 0.6 is 0 Å². The maximum absolute atomic E-state index is 12.7. The zero-order chi connectivity index (χ0) is 17.1. The Morgan fingerprint density at radius 3 is 2.40 bits per heavy atom. The smallest absolute Gasteiger partial charge is 0.255 e. The van der Waals surface area contributed by atoms with Crippen LogP contribution in [0.5, 0.6) is 0 Å². The van der Waals surface area contributed by atoms with Crippen molar-refractivity contribution in [1.29, 1.82) is 0 Å². The van der Waals surface area contributed by atoms with Gasteiger partial charge < -0.3 is 9.80 Å². The van der Waals surface area contributed by atoms with Crippen LogP contribution in [0, 0.1) is 0 Å². The van der Waals surface area contributed by atoms with Crippen LogP contribution in [-0.4, -0.2) is 61.5 Å². The van der Waals surface area contributed by atoms with E-state index in [4.69, 9.17) is 0 Å². The molecule has 3 aromatic rings. The summed E-state index contributed by atoms with van der Waals surface area (Å²) < 4.78 is 1.80. The average molecular weight is 335 g/mol. The molecule has 1 aliphatic heterocycles. The number of pyridine rings is 1. The third-order valence-corrected chi connectivity index (χ3v) is 4.20. The summed E-state index contributed by atoms with van der Waals surface area (Å²) in [6.07, 6.45) is 11.9. The summed E-state index contributed by atoms with van der Waals surface area (Å²) in [7, 11) is 0. The number of rotatable bonds is 3. The molecular weight excluding hydrogens is 318 g/mol. The number of piperazine rings is 1. The lowest BCUT2D eigenvalue weighted by Crippen LogP contribution is -2.49. The number of hydrogen-bond acceptors (Lipinski definition) is 6. The van der Waals surface area contributed by atoms with E-state index >= 15 is 0 Å². The average Bonchev–Trinajstić information content (AvgIpc) is 3.23. The molecule has 8 heteroatoms. The first-order valence-corrected chi connectivity index (χ1v) is 8.06. The Morgan fingerprint density at radius 2 is 1.76 bits per heavy atom. The van der Waals surface area contributed by atoms with Crippen molar-refractivity contribution in [3.63, 3.8) is 0 Å². The third kappa shape index (κ3) is 3.18. The van der Waals surface area contributed by atoms with Gasteiger partial charge in [-0.2, -0.15) is 0 Å². The predicted molar refractivity (Wildman–Crippen MR) is 91.5 cm³/mol. The Morgan fingerprint density at radius 1 is 0.880 bits per heavy atom. The number of carbonyl (C=O) groups excluding carboxylic acids is 1. The fourth-order valence-electron chi connectivity index (χ4n) is 2.84. The molecule has 0 unspecified atom stereocenters. The summed E-state index contributed by atoms with van der Waals surface area (Å²) in [5.41, 5.74) is 0.594. The third-order valence-electron chi connectivity index (χ3n) is 4.20. The molecule has 0 atom stereocenters. The highest BCUT2D eigenvalue weighted by molar-refractivity contribution is 5.94. The second kappa shape index (κ2) is 6.68. The minimum Gasteiger partial charge on any atom is -0.352 e. The van der Waals surface area contributed by atoms with Crippen molar-refractivity contribution < 1.29 is 4.79 Å². The van der Waals surface area contributed by atoms with Crippen molar-refractivity contribution >= 4 is 11.7 Å². The summed E-state index contributed by atoms with van der Waals surface area (Å²) in [4.78, 5) is 33.4. The lowest BCUT2D eigenvalue weighted by Gasteiger charge is -2.35. The van der Waals surface area contributed by atoms with Crippen LogP contribution < -0.4 is 4.90 Å². The van der Waals surface area contributed by atoms with Crippen LogP contribution in [0.2, 0.25) is 0 Å². The summed E-state index contributed by atoms with van der Waals surface area (Å²) in [6.45, 7) is 2.79. The normalized spacial score (nSPS) is 14.6. The zero-order valence-electron chi connectivity index (χ0n) is 13.6. The van der Waals surface area contributed by atoms with Gasteiger partial charge in [0.25, 0.3) is 5.91 Å². The standard InChI is InChI=1S/C17H17N7O/c25-17(14-1-2-15(21-11-14)24-6-5-19-13-24)23-9-7-22(8-10-23)16-12-18-3-4-20-16/h1-6,11-13H,7-10H2. The van der Waals surface area contributed by atoms with Gasteiger partial charge in [0.05, 0.1) is 11.8 Å². The van der Waals surface area contributed by atoms with E-state index in [0.717, 1.165) is 24.7 Å². The van der Waals surface area contributed by atoms with Gasteiger partial charge in [-0.25, -0.2) is 15.0 Å². The Balaban J connectivity index is 1.40. The molecule has 25 heavy (non-hydrogen) atoms. The van der Waals surface area contributed by atoms with Gasteiger partial charge in [0.15, 0.2) is 0 Å². The molecule has 126 valence electrons.